The van der Waals surface area contributed by atoms with Crippen molar-refractivity contribution in [2.24, 2.45) is 0 Å². The minimum Gasteiger partial charge on any atom is -0.406 e. The van der Waals surface area contributed by atoms with E-state index in [1.807, 2.05) is 6.07 Å². The van der Waals surface area contributed by atoms with Gasteiger partial charge in [-0.1, -0.05) is 12.2 Å². The highest BCUT2D eigenvalue weighted by atomic mass is 19.4. The molecule has 224 valence electrons. The second-order valence-corrected chi connectivity index (χ2v) is 9.79. The van der Waals surface area contributed by atoms with Gasteiger partial charge in [0.15, 0.2) is 0 Å². The van der Waals surface area contributed by atoms with Crippen LogP contribution in [-0.4, -0.2) is 12.7 Å². The van der Waals surface area contributed by atoms with Gasteiger partial charge in [0.05, 0.1) is 5.57 Å². The van der Waals surface area contributed by atoms with Gasteiger partial charge >= 0.3 is 12.7 Å². The van der Waals surface area contributed by atoms with Crippen molar-refractivity contribution in [2.75, 3.05) is 0 Å². The lowest BCUT2D eigenvalue weighted by Gasteiger charge is -2.19. The molecule has 0 aromatic heterocycles. The van der Waals surface area contributed by atoms with Gasteiger partial charge in [-0.25, -0.2) is 0 Å². The molecule has 0 unspecified atom stereocenters. The van der Waals surface area contributed by atoms with E-state index in [4.69, 9.17) is 0 Å². The number of alkyl halides is 6. The molecule has 2 aromatic carbocycles. The van der Waals surface area contributed by atoms with Crippen molar-refractivity contribution < 1.29 is 35.8 Å². The quantitative estimate of drug-likeness (QED) is 0.247. The van der Waals surface area contributed by atoms with Crippen molar-refractivity contribution in [2.45, 2.75) is 25.6 Å². The molecule has 46 heavy (non-hydrogen) atoms. The van der Waals surface area contributed by atoms with Crippen LogP contribution in [0.4, 0.5) is 26.3 Å². The molecular formula is C33H13F6N5O2. The Balaban J connectivity index is 1.69. The summed E-state index contributed by atoms with van der Waals surface area (Å²) in [4.78, 5) is 0. The molecule has 0 heterocycles. The Morgan fingerprint density at radius 1 is 0.674 bits per heavy atom. The van der Waals surface area contributed by atoms with Crippen molar-refractivity contribution in [3.63, 3.8) is 0 Å². The maximum absolute atomic E-state index is 13.0. The van der Waals surface area contributed by atoms with Crippen LogP contribution in [0.2, 0.25) is 0 Å². The fourth-order valence-electron chi connectivity index (χ4n) is 5.55. The van der Waals surface area contributed by atoms with Gasteiger partial charge in [-0.2, -0.15) is 26.3 Å². The van der Waals surface area contributed by atoms with Crippen molar-refractivity contribution in [1.29, 1.82) is 26.3 Å². The molecule has 0 radical (unpaired) electrons. The van der Waals surface area contributed by atoms with E-state index in [9.17, 15) is 52.7 Å². The average molecular weight is 625 g/mol. The molecule has 0 N–H and O–H groups in total. The molecule has 0 saturated heterocycles. The highest BCUT2D eigenvalue weighted by Crippen LogP contribution is 2.50. The van der Waals surface area contributed by atoms with Crippen LogP contribution in [0.15, 0.2) is 82.0 Å². The molecule has 13 heteroatoms. The molecule has 0 atom stereocenters. The normalized spacial score (nSPS) is 15.1. The third-order valence-electron chi connectivity index (χ3n) is 7.16. The number of hydrogen-bond donors (Lipinski definition) is 0. The maximum atomic E-state index is 13.0. The van der Waals surface area contributed by atoms with Crippen LogP contribution in [0, 0.1) is 56.7 Å². The summed E-state index contributed by atoms with van der Waals surface area (Å²) in [7, 11) is 0. The van der Waals surface area contributed by atoms with E-state index < -0.39 is 29.8 Å². The van der Waals surface area contributed by atoms with Crippen molar-refractivity contribution >= 4 is 22.8 Å². The molecule has 0 bridgehead atoms. The number of nitriles is 5. The first-order chi connectivity index (χ1) is 21.8. The number of allylic oxidation sites excluding steroid dienone is 11. The summed E-state index contributed by atoms with van der Waals surface area (Å²) in [6.45, 7) is 0. The predicted octanol–water partition coefficient (Wildman–Crippen LogP) is 8.12. The predicted molar refractivity (Wildman–Crippen MR) is 148 cm³/mol. The summed E-state index contributed by atoms with van der Waals surface area (Å²) in [6, 6.07) is 15.8. The first kappa shape index (κ1) is 31.0. The first-order valence-electron chi connectivity index (χ1n) is 13.0. The van der Waals surface area contributed by atoms with Crippen molar-refractivity contribution in [1.82, 2.24) is 0 Å². The molecule has 0 saturated carbocycles. The number of halogens is 6. The second-order valence-electron chi connectivity index (χ2n) is 9.79. The topological polar surface area (TPSA) is 137 Å². The van der Waals surface area contributed by atoms with E-state index in [1.54, 1.807) is 36.4 Å². The minimum atomic E-state index is -5.02. The molecule has 3 aliphatic rings. The van der Waals surface area contributed by atoms with Crippen molar-refractivity contribution in [3.05, 3.63) is 104 Å². The fraction of sp³-hybridized carbons (Fsp3) is 0.121. The van der Waals surface area contributed by atoms with Crippen LogP contribution >= 0.6 is 0 Å². The van der Waals surface area contributed by atoms with Gasteiger partial charge in [0.1, 0.15) is 53.0 Å². The number of fused-ring (bicyclic) bond motifs is 2. The molecule has 0 spiro atoms. The van der Waals surface area contributed by atoms with Gasteiger partial charge in [0, 0.05) is 22.3 Å². The highest BCUT2D eigenvalue weighted by molar-refractivity contribution is 6.10. The van der Waals surface area contributed by atoms with E-state index in [0.717, 1.165) is 24.3 Å². The molecule has 0 aliphatic heterocycles. The number of hydrogen-bond acceptors (Lipinski definition) is 7. The largest absolute Gasteiger partial charge is 0.573 e. The molecule has 0 fully saturated rings. The SMILES string of the molecule is N#CC(C#N)=C1C(C2=CCCC(C3=C(C#N)c4cc(OC(F)(F)F)ccc4C3=C(C#N)C#N)=C2)=Cc2cc(OC(F)(F)F)ccc21. The Morgan fingerprint density at radius 2 is 1.24 bits per heavy atom. The Bertz CT molecular complexity index is 2090. The fourth-order valence-corrected chi connectivity index (χ4v) is 5.55. The molecule has 5 rings (SSSR count). The summed E-state index contributed by atoms with van der Waals surface area (Å²) in [5, 5.41) is 49.1. The lowest BCUT2D eigenvalue weighted by Crippen LogP contribution is -2.17. The zero-order chi connectivity index (χ0) is 33.4. The number of ether oxygens (including phenoxy) is 2. The van der Waals surface area contributed by atoms with E-state index in [-0.39, 0.29) is 51.0 Å². The summed E-state index contributed by atoms with van der Waals surface area (Å²) < 4.78 is 85.6. The van der Waals surface area contributed by atoms with E-state index in [2.05, 4.69) is 9.47 Å². The molecule has 3 aliphatic carbocycles. The van der Waals surface area contributed by atoms with Gasteiger partial charge in [-0.3, -0.25) is 0 Å². The summed E-state index contributed by atoms with van der Waals surface area (Å²) in [6.07, 6.45) is -4.63. The Labute approximate surface area is 256 Å². The van der Waals surface area contributed by atoms with E-state index in [1.165, 1.54) is 18.2 Å². The number of rotatable bonds is 4. The van der Waals surface area contributed by atoms with Gasteiger partial charge < -0.3 is 9.47 Å². The van der Waals surface area contributed by atoms with Crippen molar-refractivity contribution in [3.8, 4) is 41.8 Å². The van der Waals surface area contributed by atoms with Crippen LogP contribution < -0.4 is 9.47 Å². The lowest BCUT2D eigenvalue weighted by atomic mass is 9.83. The van der Waals surface area contributed by atoms with Gasteiger partial charge in [-0.05, 0) is 88.7 Å². The van der Waals surface area contributed by atoms with Gasteiger partial charge in [0.2, 0.25) is 0 Å². The zero-order valence-corrected chi connectivity index (χ0v) is 22.9. The Kier molecular flexibility index (Phi) is 7.77. The zero-order valence-electron chi connectivity index (χ0n) is 22.9. The first-order valence-corrected chi connectivity index (χ1v) is 13.0. The van der Waals surface area contributed by atoms with Crippen LogP contribution in [0.1, 0.15) is 35.1 Å². The smallest absolute Gasteiger partial charge is 0.406 e. The maximum Gasteiger partial charge on any atom is 0.573 e. The molecule has 2 aromatic rings. The third-order valence-corrected chi connectivity index (χ3v) is 7.16. The summed E-state index contributed by atoms with van der Waals surface area (Å²) >= 11 is 0. The summed E-state index contributed by atoms with van der Waals surface area (Å²) in [5.41, 5.74) is 1.30. The minimum absolute atomic E-state index is 0.00997. The Hall–Kier alpha value is -6.49. The summed E-state index contributed by atoms with van der Waals surface area (Å²) in [5.74, 6) is -1.14. The lowest BCUT2D eigenvalue weighted by molar-refractivity contribution is -0.275. The average Bonchev–Trinajstić information content (AvgIpc) is 3.52. The molecule has 0 amide bonds. The monoisotopic (exact) mass is 625 g/mol. The number of benzene rings is 2. The van der Waals surface area contributed by atoms with E-state index >= 15 is 0 Å². The van der Waals surface area contributed by atoms with Crippen LogP contribution in [0.25, 0.3) is 22.8 Å². The van der Waals surface area contributed by atoms with Gasteiger partial charge in [0.25, 0.3) is 0 Å². The standard InChI is InChI=1S/C33H13F6N5O2/c34-32(35,36)45-22-4-6-24-19(9-22)10-26(29(24)20(12-40)13-41)17-2-1-3-18(8-17)30-28(16-44)27-11-23(46-33(37,38)39)5-7-25(27)31(30)21(14-42)15-43/h2,4-11H,1,3H2. The Morgan fingerprint density at radius 3 is 1.80 bits per heavy atom. The van der Waals surface area contributed by atoms with Crippen LogP contribution in [0.3, 0.4) is 0 Å². The second kappa shape index (κ2) is 11.5. The van der Waals surface area contributed by atoms with Gasteiger partial charge in [-0.15, -0.1) is 26.3 Å². The van der Waals surface area contributed by atoms with Crippen LogP contribution in [0.5, 0.6) is 11.5 Å². The third kappa shape index (κ3) is 5.72. The molecular weight excluding hydrogens is 612 g/mol. The highest BCUT2D eigenvalue weighted by Gasteiger charge is 2.36. The van der Waals surface area contributed by atoms with E-state index in [0.29, 0.717) is 28.7 Å². The van der Waals surface area contributed by atoms with Crippen LogP contribution in [-0.2, 0) is 0 Å². The molecule has 7 nitrogen and oxygen atoms in total. The number of nitrogens with zero attached hydrogens (tertiary/aromatic N) is 5.